The minimum Gasteiger partial charge on any atom is -0.478 e. The number of sulfone groups is 1. The van der Waals surface area contributed by atoms with Crippen LogP contribution in [0.2, 0.25) is 0 Å². The molecule has 0 aromatic heterocycles. The average molecular weight is 334 g/mol. The Bertz CT molecular complexity index is 870. The predicted molar refractivity (Wildman–Crippen MR) is 85.1 cm³/mol. The van der Waals surface area contributed by atoms with Crippen molar-refractivity contribution < 1.29 is 22.7 Å². The lowest BCUT2D eigenvalue weighted by Crippen LogP contribution is -2.05. The van der Waals surface area contributed by atoms with Gasteiger partial charge in [-0.25, -0.2) is 17.6 Å². The highest BCUT2D eigenvalue weighted by molar-refractivity contribution is 7.90. The van der Waals surface area contributed by atoms with Crippen molar-refractivity contribution in [1.29, 1.82) is 0 Å². The number of carbonyl (C=O) groups is 1. The highest BCUT2D eigenvalue weighted by Crippen LogP contribution is 2.20. The van der Waals surface area contributed by atoms with Gasteiger partial charge in [-0.2, -0.15) is 0 Å². The average Bonchev–Trinajstić information content (AvgIpc) is 2.49. The lowest BCUT2D eigenvalue weighted by atomic mass is 10.1. The van der Waals surface area contributed by atoms with E-state index in [2.05, 4.69) is 0 Å². The fourth-order valence-electron chi connectivity index (χ4n) is 2.08. The van der Waals surface area contributed by atoms with Crippen LogP contribution in [0.4, 0.5) is 4.39 Å². The second kappa shape index (κ2) is 6.75. The quantitative estimate of drug-likeness (QED) is 0.852. The molecule has 0 heterocycles. The Balaban J connectivity index is 2.30. The molecule has 120 valence electrons. The molecule has 4 nitrogen and oxygen atoms in total. The molecule has 2 aromatic rings. The summed E-state index contributed by atoms with van der Waals surface area (Å²) in [6.45, 7) is 1.57. The first-order chi connectivity index (χ1) is 10.8. The van der Waals surface area contributed by atoms with Crippen LogP contribution in [0.25, 0.3) is 6.08 Å². The normalized spacial score (nSPS) is 11.7. The molecule has 6 heteroatoms. The van der Waals surface area contributed by atoms with Crippen LogP contribution in [-0.2, 0) is 20.4 Å². The van der Waals surface area contributed by atoms with E-state index in [9.17, 15) is 17.6 Å². The van der Waals surface area contributed by atoms with Gasteiger partial charge in [0.05, 0.1) is 10.6 Å². The molecular formula is C17H15FO4S. The van der Waals surface area contributed by atoms with E-state index in [1.54, 1.807) is 19.1 Å². The molecule has 0 aliphatic heterocycles. The highest BCUT2D eigenvalue weighted by Gasteiger charge is 2.16. The summed E-state index contributed by atoms with van der Waals surface area (Å²) in [5.74, 6) is -1.74. The van der Waals surface area contributed by atoms with Crippen molar-refractivity contribution in [3.63, 3.8) is 0 Å². The van der Waals surface area contributed by atoms with Crippen LogP contribution in [0.5, 0.6) is 0 Å². The summed E-state index contributed by atoms with van der Waals surface area (Å²) in [5.41, 5.74) is 1.36. The van der Waals surface area contributed by atoms with Crippen LogP contribution in [0.1, 0.15) is 16.7 Å². The Hall–Kier alpha value is -2.47. The van der Waals surface area contributed by atoms with Crippen molar-refractivity contribution >= 4 is 21.9 Å². The van der Waals surface area contributed by atoms with Crippen LogP contribution in [0.3, 0.4) is 0 Å². The van der Waals surface area contributed by atoms with Crippen LogP contribution in [-0.4, -0.2) is 19.5 Å². The Labute approximate surface area is 133 Å². The zero-order chi connectivity index (χ0) is 17.0. The topological polar surface area (TPSA) is 71.4 Å². The molecule has 1 N–H and O–H groups in total. The first kappa shape index (κ1) is 16.9. The molecule has 2 aromatic carbocycles. The van der Waals surface area contributed by atoms with Gasteiger partial charge in [0.25, 0.3) is 0 Å². The maximum absolute atomic E-state index is 13.3. The number of benzene rings is 2. The smallest absolute Gasteiger partial charge is 0.328 e. The van der Waals surface area contributed by atoms with E-state index in [1.165, 1.54) is 36.4 Å². The number of carboxylic acids is 1. The third-order valence-corrected chi connectivity index (χ3v) is 4.90. The van der Waals surface area contributed by atoms with Gasteiger partial charge in [-0.15, -0.1) is 0 Å². The summed E-state index contributed by atoms with van der Waals surface area (Å²) >= 11 is 0. The number of aryl methyl sites for hydroxylation is 1. The van der Waals surface area contributed by atoms with Gasteiger partial charge < -0.3 is 5.11 Å². The van der Waals surface area contributed by atoms with Crippen LogP contribution >= 0.6 is 0 Å². The SMILES string of the molecule is Cc1cc(CS(=O)(=O)c2cccc(/C=C/C(=O)O)c2)ccc1F. The number of carboxylic acid groups (broad SMARTS) is 1. The molecule has 0 spiro atoms. The number of aliphatic carboxylic acids is 1. The monoisotopic (exact) mass is 334 g/mol. The van der Waals surface area contributed by atoms with E-state index < -0.39 is 15.8 Å². The molecule has 2 rings (SSSR count). The third-order valence-electron chi connectivity index (χ3n) is 3.21. The third kappa shape index (κ3) is 4.50. The first-order valence-electron chi connectivity index (χ1n) is 6.77. The van der Waals surface area contributed by atoms with Crippen molar-refractivity contribution in [3.05, 3.63) is 71.0 Å². The van der Waals surface area contributed by atoms with Crippen LogP contribution < -0.4 is 0 Å². The summed E-state index contributed by atoms with van der Waals surface area (Å²) in [4.78, 5) is 10.6. The second-order valence-electron chi connectivity index (χ2n) is 5.09. The van der Waals surface area contributed by atoms with Gasteiger partial charge in [0.1, 0.15) is 5.82 Å². The summed E-state index contributed by atoms with van der Waals surface area (Å²) in [6, 6.07) is 10.2. The van der Waals surface area contributed by atoms with Crippen LogP contribution in [0, 0.1) is 12.7 Å². The molecule has 0 unspecified atom stereocenters. The van der Waals surface area contributed by atoms with Crippen molar-refractivity contribution in [1.82, 2.24) is 0 Å². The number of hydrogen-bond donors (Lipinski definition) is 1. The molecule has 0 saturated heterocycles. The number of halogens is 1. The van der Waals surface area contributed by atoms with Gasteiger partial charge in [0.2, 0.25) is 0 Å². The van der Waals surface area contributed by atoms with Gasteiger partial charge >= 0.3 is 5.97 Å². The minimum atomic E-state index is -3.61. The van der Waals surface area contributed by atoms with Gasteiger partial charge in [-0.3, -0.25) is 0 Å². The highest BCUT2D eigenvalue weighted by atomic mass is 32.2. The molecule has 0 atom stereocenters. The largest absolute Gasteiger partial charge is 0.478 e. The molecule has 0 radical (unpaired) electrons. The van der Waals surface area contributed by atoms with E-state index in [1.807, 2.05) is 0 Å². The molecule has 0 saturated carbocycles. The Morgan fingerprint density at radius 1 is 1.22 bits per heavy atom. The molecule has 0 amide bonds. The Morgan fingerprint density at radius 2 is 1.96 bits per heavy atom. The summed E-state index contributed by atoms with van der Waals surface area (Å²) in [7, 11) is -3.61. The number of rotatable bonds is 5. The maximum atomic E-state index is 13.3. The summed E-state index contributed by atoms with van der Waals surface area (Å²) in [5, 5.41) is 8.61. The minimum absolute atomic E-state index is 0.0898. The molecular weight excluding hydrogens is 319 g/mol. The van der Waals surface area contributed by atoms with E-state index in [0.717, 1.165) is 6.08 Å². The van der Waals surface area contributed by atoms with Crippen molar-refractivity contribution in [2.75, 3.05) is 0 Å². The second-order valence-corrected chi connectivity index (χ2v) is 7.08. The predicted octanol–water partition coefficient (Wildman–Crippen LogP) is 3.21. The van der Waals surface area contributed by atoms with E-state index in [0.29, 0.717) is 16.7 Å². The summed E-state index contributed by atoms with van der Waals surface area (Å²) < 4.78 is 38.2. The van der Waals surface area contributed by atoms with Gasteiger partial charge in [-0.1, -0.05) is 24.3 Å². The molecule has 0 fully saturated rings. The van der Waals surface area contributed by atoms with Gasteiger partial charge in [0.15, 0.2) is 9.84 Å². The van der Waals surface area contributed by atoms with E-state index >= 15 is 0 Å². The Morgan fingerprint density at radius 3 is 2.61 bits per heavy atom. The van der Waals surface area contributed by atoms with Gasteiger partial charge in [0, 0.05) is 6.08 Å². The van der Waals surface area contributed by atoms with E-state index in [4.69, 9.17) is 5.11 Å². The van der Waals surface area contributed by atoms with Crippen molar-refractivity contribution in [2.24, 2.45) is 0 Å². The maximum Gasteiger partial charge on any atom is 0.328 e. The summed E-state index contributed by atoms with van der Waals surface area (Å²) in [6.07, 6.45) is 2.26. The zero-order valence-corrected chi connectivity index (χ0v) is 13.2. The molecule has 23 heavy (non-hydrogen) atoms. The Kier molecular flexibility index (Phi) is 4.95. The lowest BCUT2D eigenvalue weighted by Gasteiger charge is -2.07. The van der Waals surface area contributed by atoms with Gasteiger partial charge in [-0.05, 0) is 47.9 Å². The first-order valence-corrected chi connectivity index (χ1v) is 8.42. The van der Waals surface area contributed by atoms with Crippen LogP contribution in [0.15, 0.2) is 53.4 Å². The fourth-order valence-corrected chi connectivity index (χ4v) is 3.47. The van der Waals surface area contributed by atoms with Crippen molar-refractivity contribution in [2.45, 2.75) is 17.6 Å². The molecule has 0 aliphatic carbocycles. The zero-order valence-electron chi connectivity index (χ0n) is 12.4. The lowest BCUT2D eigenvalue weighted by molar-refractivity contribution is -0.131. The molecule has 0 bridgehead atoms. The molecule has 0 aliphatic rings. The number of hydrogen-bond acceptors (Lipinski definition) is 3. The fraction of sp³-hybridized carbons (Fsp3) is 0.118. The van der Waals surface area contributed by atoms with Crippen molar-refractivity contribution in [3.8, 4) is 0 Å². The van der Waals surface area contributed by atoms with E-state index in [-0.39, 0.29) is 16.5 Å². The standard InChI is InChI=1S/C17H15FO4S/c1-12-9-14(5-7-16(12)18)11-23(21,22)15-4-2-3-13(10-15)6-8-17(19)20/h2-10H,11H2,1H3,(H,19,20)/b8-6+.